The van der Waals surface area contributed by atoms with Crippen LogP contribution in [0.5, 0.6) is 0 Å². The van der Waals surface area contributed by atoms with Gasteiger partial charge in [0.2, 0.25) is 29.5 Å². The maximum absolute atomic E-state index is 14.3. The minimum atomic E-state index is -1.14. The average molecular weight is 865 g/mol. The molecular weight excluding hydrogens is 805 g/mol. The van der Waals surface area contributed by atoms with Gasteiger partial charge in [-0.3, -0.25) is 29.0 Å². The molecule has 0 radical (unpaired) electrons. The minimum absolute atomic E-state index is 0.0532. The number of benzene rings is 5. The maximum atomic E-state index is 14.3. The molecule has 0 saturated carbocycles. The van der Waals surface area contributed by atoms with Crippen LogP contribution in [0, 0.1) is 0 Å². The smallest absolute Gasteiger partial charge is 0.243 e. The lowest BCUT2D eigenvalue weighted by Gasteiger charge is -2.27. The van der Waals surface area contributed by atoms with Gasteiger partial charge in [-0.05, 0) is 59.1 Å². The van der Waals surface area contributed by atoms with Crippen molar-refractivity contribution in [2.75, 3.05) is 13.1 Å². The zero-order chi connectivity index (χ0) is 45.5. The summed E-state index contributed by atoms with van der Waals surface area (Å²) in [6.07, 6.45) is 2.30. The predicted octanol–water partition coefficient (Wildman–Crippen LogP) is 4.53. The number of guanidine groups is 1. The molecule has 0 fully saturated rings. The van der Waals surface area contributed by atoms with Crippen molar-refractivity contribution in [2.45, 2.75) is 82.5 Å². The Morgan fingerprint density at radius 1 is 0.500 bits per heavy atom. The molecule has 0 aliphatic rings. The monoisotopic (exact) mass is 864 g/mol. The van der Waals surface area contributed by atoms with Crippen molar-refractivity contribution in [3.63, 3.8) is 0 Å². The number of aliphatic imine (C=N–C) groups is 1. The Balaban J connectivity index is 1.31. The number of nitrogens with two attached hydrogens (primary N) is 2. The standard InChI is InChI=1S/C51H60N8O5/c1-2-16-42(56-46(60)35-39-26-28-41(29-27-39)40-23-13-6-14-24-40)48(62)57-43(25-15-31-55-51(52)53)49(63)59-45(34-38-21-11-5-12-22-38)50(64)58-44(33-37-19-9-4-10-20-37)47(61)54-32-30-36-17-7-3-8-18-36/h3-14,17-24,26-29,42-45H,2,15-16,25,30-35H2,1H3,(H,54,61)(H,56,60)(H,57,62)(H,58,64)(H,59,63)(H4,52,53,55)/t42?,43-,44?,45?/m1/s1. The molecule has 5 aromatic rings. The molecule has 13 heteroatoms. The summed E-state index contributed by atoms with van der Waals surface area (Å²) in [4.78, 5) is 73.7. The van der Waals surface area contributed by atoms with Crippen LogP contribution in [0.15, 0.2) is 151 Å². The fourth-order valence-electron chi connectivity index (χ4n) is 7.24. The Labute approximate surface area is 375 Å². The normalized spacial score (nSPS) is 12.6. The summed E-state index contributed by atoms with van der Waals surface area (Å²) in [5, 5.41) is 14.5. The Kier molecular flexibility index (Phi) is 19.1. The highest BCUT2D eigenvalue weighted by Gasteiger charge is 2.31. The van der Waals surface area contributed by atoms with Crippen LogP contribution in [-0.4, -0.2) is 72.8 Å². The molecule has 0 aromatic heterocycles. The predicted molar refractivity (Wildman–Crippen MR) is 252 cm³/mol. The van der Waals surface area contributed by atoms with E-state index >= 15 is 0 Å². The lowest BCUT2D eigenvalue weighted by atomic mass is 10.0. The van der Waals surface area contributed by atoms with E-state index in [4.69, 9.17) is 11.5 Å². The summed E-state index contributed by atoms with van der Waals surface area (Å²) < 4.78 is 0. The third kappa shape index (κ3) is 16.2. The van der Waals surface area contributed by atoms with Crippen LogP contribution in [0.1, 0.15) is 54.9 Å². The van der Waals surface area contributed by atoms with Gasteiger partial charge in [0.05, 0.1) is 6.42 Å². The molecule has 0 heterocycles. The highest BCUT2D eigenvalue weighted by Crippen LogP contribution is 2.19. The van der Waals surface area contributed by atoms with Crippen LogP contribution in [0.3, 0.4) is 0 Å². The second-order valence-corrected chi connectivity index (χ2v) is 15.7. The molecular formula is C51H60N8O5. The quantitative estimate of drug-likeness (QED) is 0.0268. The van der Waals surface area contributed by atoms with Crippen molar-refractivity contribution in [3.8, 4) is 11.1 Å². The molecule has 0 bridgehead atoms. The van der Waals surface area contributed by atoms with Crippen molar-refractivity contribution in [2.24, 2.45) is 16.5 Å². The van der Waals surface area contributed by atoms with E-state index in [-0.39, 0.29) is 50.0 Å². The zero-order valence-corrected chi connectivity index (χ0v) is 36.4. The molecule has 3 unspecified atom stereocenters. The summed E-state index contributed by atoms with van der Waals surface area (Å²) in [6, 6.07) is 41.8. The van der Waals surface area contributed by atoms with Crippen molar-refractivity contribution < 1.29 is 24.0 Å². The molecule has 0 aliphatic heterocycles. The molecule has 5 amide bonds. The van der Waals surface area contributed by atoms with E-state index in [2.05, 4.69) is 31.6 Å². The maximum Gasteiger partial charge on any atom is 0.243 e. The first kappa shape index (κ1) is 47.8. The molecule has 13 nitrogen and oxygen atoms in total. The highest BCUT2D eigenvalue weighted by atomic mass is 16.2. The average Bonchev–Trinajstić information content (AvgIpc) is 3.30. The van der Waals surface area contributed by atoms with E-state index in [9.17, 15) is 24.0 Å². The molecule has 9 N–H and O–H groups in total. The number of nitrogens with one attached hydrogen (secondary N) is 5. The van der Waals surface area contributed by atoms with Gasteiger partial charge in [0.15, 0.2) is 5.96 Å². The van der Waals surface area contributed by atoms with E-state index in [1.54, 1.807) is 0 Å². The Bertz CT molecular complexity index is 2250. The second-order valence-electron chi connectivity index (χ2n) is 15.7. The van der Waals surface area contributed by atoms with E-state index in [1.807, 2.05) is 153 Å². The number of hydrogen-bond donors (Lipinski definition) is 7. The molecule has 334 valence electrons. The van der Waals surface area contributed by atoms with Gasteiger partial charge < -0.3 is 38.1 Å². The summed E-state index contributed by atoms with van der Waals surface area (Å²) in [6.45, 7) is 2.45. The van der Waals surface area contributed by atoms with Crippen LogP contribution >= 0.6 is 0 Å². The van der Waals surface area contributed by atoms with Gasteiger partial charge in [0.1, 0.15) is 24.2 Å². The minimum Gasteiger partial charge on any atom is -0.370 e. The number of nitrogens with zero attached hydrogens (tertiary/aromatic N) is 1. The van der Waals surface area contributed by atoms with E-state index in [0.717, 1.165) is 33.4 Å². The van der Waals surface area contributed by atoms with Crippen LogP contribution in [0.25, 0.3) is 11.1 Å². The lowest BCUT2D eigenvalue weighted by Crippen LogP contribution is -2.59. The van der Waals surface area contributed by atoms with Gasteiger partial charge in [0.25, 0.3) is 0 Å². The summed E-state index contributed by atoms with van der Waals surface area (Å²) >= 11 is 0. The van der Waals surface area contributed by atoms with Gasteiger partial charge in [0, 0.05) is 25.9 Å². The Hall–Kier alpha value is -7.28. The number of amides is 5. The fraction of sp³-hybridized carbons (Fsp3) is 0.294. The SMILES string of the molecule is CCCC(NC(=O)Cc1ccc(-c2ccccc2)cc1)C(=O)N[C@H](CCCN=C(N)N)C(=O)NC(Cc1ccccc1)C(=O)NC(Cc1ccccc1)C(=O)NCCc1ccccc1. The summed E-state index contributed by atoms with van der Waals surface area (Å²) in [5.41, 5.74) is 16.7. The summed E-state index contributed by atoms with van der Waals surface area (Å²) in [7, 11) is 0. The molecule has 0 saturated heterocycles. The van der Waals surface area contributed by atoms with Crippen LogP contribution in [-0.2, 0) is 49.7 Å². The fourth-order valence-corrected chi connectivity index (χ4v) is 7.24. The second kappa shape index (κ2) is 25.6. The van der Waals surface area contributed by atoms with Crippen molar-refractivity contribution in [1.29, 1.82) is 0 Å². The van der Waals surface area contributed by atoms with Crippen LogP contribution in [0.4, 0.5) is 0 Å². The van der Waals surface area contributed by atoms with Gasteiger partial charge in [-0.2, -0.15) is 0 Å². The van der Waals surface area contributed by atoms with Gasteiger partial charge in [-0.15, -0.1) is 0 Å². The number of carbonyl (C=O) groups excluding carboxylic acids is 5. The van der Waals surface area contributed by atoms with E-state index < -0.39 is 41.9 Å². The molecule has 5 aromatic carbocycles. The third-order valence-electron chi connectivity index (χ3n) is 10.6. The molecule has 64 heavy (non-hydrogen) atoms. The topological polar surface area (TPSA) is 210 Å². The van der Waals surface area contributed by atoms with Gasteiger partial charge >= 0.3 is 0 Å². The molecule has 4 atom stereocenters. The van der Waals surface area contributed by atoms with Crippen LogP contribution < -0.4 is 38.1 Å². The molecule has 5 rings (SSSR count). The zero-order valence-electron chi connectivity index (χ0n) is 36.4. The third-order valence-corrected chi connectivity index (χ3v) is 10.6. The lowest BCUT2D eigenvalue weighted by molar-refractivity contribution is -0.134. The Morgan fingerprint density at radius 3 is 1.48 bits per heavy atom. The van der Waals surface area contributed by atoms with Crippen LogP contribution in [0.2, 0.25) is 0 Å². The first-order valence-electron chi connectivity index (χ1n) is 21.9. The first-order valence-corrected chi connectivity index (χ1v) is 21.9. The van der Waals surface area contributed by atoms with Gasteiger partial charge in [-0.1, -0.05) is 159 Å². The van der Waals surface area contributed by atoms with Crippen molar-refractivity contribution in [3.05, 3.63) is 168 Å². The highest BCUT2D eigenvalue weighted by molar-refractivity contribution is 5.96. The van der Waals surface area contributed by atoms with E-state index in [1.165, 1.54) is 0 Å². The molecule has 0 aliphatic carbocycles. The molecule has 0 spiro atoms. The largest absolute Gasteiger partial charge is 0.370 e. The number of rotatable bonds is 24. The Morgan fingerprint density at radius 2 is 0.953 bits per heavy atom. The van der Waals surface area contributed by atoms with Gasteiger partial charge in [-0.25, -0.2) is 0 Å². The first-order chi connectivity index (χ1) is 31.1. The summed E-state index contributed by atoms with van der Waals surface area (Å²) in [5.74, 6) is -2.56. The van der Waals surface area contributed by atoms with Crippen molar-refractivity contribution in [1.82, 2.24) is 26.6 Å². The number of carbonyl (C=O) groups is 5. The van der Waals surface area contributed by atoms with Crippen molar-refractivity contribution >= 4 is 35.5 Å². The van der Waals surface area contributed by atoms with E-state index in [0.29, 0.717) is 32.2 Å². The number of hydrogen-bond acceptors (Lipinski definition) is 6.